The van der Waals surface area contributed by atoms with E-state index in [1.165, 1.54) is 16.7 Å². The van der Waals surface area contributed by atoms with Crippen molar-refractivity contribution in [3.05, 3.63) is 114 Å². The van der Waals surface area contributed by atoms with Gasteiger partial charge >= 0.3 is 6.03 Å². The highest BCUT2D eigenvalue weighted by Gasteiger charge is 2.34. The van der Waals surface area contributed by atoms with Gasteiger partial charge in [0.25, 0.3) is 5.91 Å². The van der Waals surface area contributed by atoms with Crippen LogP contribution in [0.5, 0.6) is 5.75 Å². The minimum Gasteiger partial charge on any atom is -0.486 e. The third-order valence-corrected chi connectivity index (χ3v) is 7.98. The molecule has 3 N–H and O–H groups in total. The van der Waals surface area contributed by atoms with Crippen molar-refractivity contribution in [2.24, 2.45) is 5.92 Å². The van der Waals surface area contributed by atoms with Crippen molar-refractivity contribution < 1.29 is 19.4 Å². The lowest BCUT2D eigenvalue weighted by Gasteiger charge is -2.38. The lowest BCUT2D eigenvalue weighted by Crippen LogP contribution is -2.49. The van der Waals surface area contributed by atoms with E-state index in [9.17, 15) is 14.7 Å². The molecule has 0 spiro atoms. The molecular weight excluding hydrogens is 552 g/mol. The zero-order valence-corrected chi connectivity index (χ0v) is 25.4. The van der Waals surface area contributed by atoms with E-state index in [-0.39, 0.29) is 30.6 Å². The number of aliphatic hydroxyl groups excluding tert-OH is 1. The fourth-order valence-corrected chi connectivity index (χ4v) is 5.48. The van der Waals surface area contributed by atoms with Crippen LogP contribution in [0.15, 0.2) is 103 Å². The Morgan fingerprint density at radius 2 is 1.59 bits per heavy atom. The van der Waals surface area contributed by atoms with E-state index in [1.54, 1.807) is 35.2 Å². The van der Waals surface area contributed by atoms with Gasteiger partial charge in [0, 0.05) is 31.2 Å². The number of anilines is 2. The lowest BCUT2D eigenvalue weighted by molar-refractivity contribution is 0.0343. The number of nitrogens with one attached hydrogen (secondary N) is 2. The molecule has 1 aliphatic heterocycles. The molecule has 0 aromatic heterocycles. The third-order valence-electron chi connectivity index (χ3n) is 7.98. The van der Waals surface area contributed by atoms with Crippen LogP contribution in [0.25, 0.3) is 11.1 Å². The van der Waals surface area contributed by atoms with Crippen molar-refractivity contribution in [1.29, 1.82) is 0 Å². The molecule has 0 aliphatic carbocycles. The summed E-state index contributed by atoms with van der Waals surface area (Å²) in [5.41, 5.74) is 4.92. The minimum absolute atomic E-state index is 0.0600. The molecule has 3 atom stereocenters. The number of rotatable bonds is 9. The van der Waals surface area contributed by atoms with Gasteiger partial charge in [0.05, 0.1) is 23.9 Å². The van der Waals surface area contributed by atoms with Crippen LogP contribution in [0.4, 0.5) is 16.2 Å². The lowest BCUT2D eigenvalue weighted by atomic mass is 9.98. The number of nitrogens with zero attached hydrogens (tertiary/aromatic N) is 2. The number of para-hydroxylation sites is 2. The number of carbonyl (C=O) groups excluding carboxylic acids is 2. The highest BCUT2D eigenvalue weighted by Crippen LogP contribution is 2.35. The number of amides is 3. The summed E-state index contributed by atoms with van der Waals surface area (Å²) in [5.74, 6) is 0.0223. The monoisotopic (exact) mass is 592 g/mol. The second-order valence-corrected chi connectivity index (χ2v) is 11.5. The van der Waals surface area contributed by atoms with Crippen LogP contribution in [0.3, 0.4) is 0 Å². The Kier molecular flexibility index (Phi) is 9.94. The maximum Gasteiger partial charge on any atom is 0.323 e. The largest absolute Gasteiger partial charge is 0.486 e. The van der Waals surface area contributed by atoms with Gasteiger partial charge in [0.1, 0.15) is 6.10 Å². The van der Waals surface area contributed by atoms with Gasteiger partial charge in [-0.2, -0.15) is 0 Å². The summed E-state index contributed by atoms with van der Waals surface area (Å²) in [6, 6.07) is 32.4. The summed E-state index contributed by atoms with van der Waals surface area (Å²) in [6.45, 7) is 5.46. The quantitative estimate of drug-likeness (QED) is 0.211. The topological polar surface area (TPSA) is 94.1 Å². The molecule has 8 nitrogen and oxygen atoms in total. The van der Waals surface area contributed by atoms with Gasteiger partial charge in [0.15, 0.2) is 5.75 Å². The summed E-state index contributed by atoms with van der Waals surface area (Å²) in [7, 11) is 2.05. The Labute approximate surface area is 259 Å². The molecular formula is C36H40N4O4. The molecule has 3 unspecified atom stereocenters. The predicted molar refractivity (Wildman–Crippen MR) is 175 cm³/mol. The molecule has 1 heterocycles. The maximum absolute atomic E-state index is 13.8. The van der Waals surface area contributed by atoms with Crippen molar-refractivity contribution in [3.8, 4) is 16.9 Å². The number of fused-ring (bicyclic) bond motifs is 1. The van der Waals surface area contributed by atoms with E-state index in [4.69, 9.17) is 4.74 Å². The molecule has 3 amide bonds. The Bertz CT molecular complexity index is 1550. The minimum atomic E-state index is -0.441. The van der Waals surface area contributed by atoms with Gasteiger partial charge in [-0.3, -0.25) is 9.69 Å². The van der Waals surface area contributed by atoms with Gasteiger partial charge in [-0.25, -0.2) is 4.79 Å². The predicted octanol–water partition coefficient (Wildman–Crippen LogP) is 6.35. The molecule has 0 fully saturated rings. The van der Waals surface area contributed by atoms with Crippen molar-refractivity contribution in [1.82, 2.24) is 9.80 Å². The molecule has 8 heteroatoms. The summed E-state index contributed by atoms with van der Waals surface area (Å²) in [4.78, 5) is 30.6. The van der Waals surface area contributed by atoms with Crippen LogP contribution in [0.1, 0.15) is 29.8 Å². The molecule has 5 rings (SSSR count). The molecule has 1 aliphatic rings. The van der Waals surface area contributed by atoms with Crippen LogP contribution >= 0.6 is 0 Å². The zero-order valence-electron chi connectivity index (χ0n) is 25.4. The first-order chi connectivity index (χ1) is 21.3. The standard InChI is InChI=1S/C36H40N4O4/c1-25-21-40(26(2)24-41)35(42)31-15-10-16-32(38-36(43)37-30-13-8-5-9-14-30)34(31)44-33(25)23-39(3)22-27-17-19-29(20-18-27)28-11-6-4-7-12-28/h4-20,25-26,33,41H,21-24H2,1-3H3,(H2,37,38,43). The number of hydrogen-bond acceptors (Lipinski definition) is 5. The highest BCUT2D eigenvalue weighted by molar-refractivity contribution is 6.04. The van der Waals surface area contributed by atoms with Crippen molar-refractivity contribution in [2.75, 3.05) is 37.4 Å². The zero-order chi connectivity index (χ0) is 31.1. The molecule has 228 valence electrons. The second-order valence-electron chi connectivity index (χ2n) is 11.5. The smallest absolute Gasteiger partial charge is 0.323 e. The number of ether oxygens (including phenoxy) is 1. The average molecular weight is 593 g/mol. The van der Waals surface area contributed by atoms with Gasteiger partial charge in [-0.05, 0) is 54.9 Å². The molecule has 0 radical (unpaired) electrons. The molecule has 0 saturated carbocycles. The Morgan fingerprint density at radius 1 is 0.932 bits per heavy atom. The van der Waals surface area contributed by atoms with Gasteiger partial charge in [-0.1, -0.05) is 85.8 Å². The van der Waals surface area contributed by atoms with E-state index in [1.807, 2.05) is 43.3 Å². The molecule has 4 aromatic rings. The van der Waals surface area contributed by atoms with Crippen molar-refractivity contribution in [2.45, 2.75) is 32.5 Å². The highest BCUT2D eigenvalue weighted by atomic mass is 16.5. The average Bonchev–Trinajstić information content (AvgIpc) is 3.04. The Balaban J connectivity index is 1.37. The first-order valence-corrected chi connectivity index (χ1v) is 15.0. The first kappa shape index (κ1) is 30.8. The molecule has 44 heavy (non-hydrogen) atoms. The number of hydrogen-bond donors (Lipinski definition) is 3. The fraction of sp³-hybridized carbons (Fsp3) is 0.278. The molecule has 0 saturated heterocycles. The van der Waals surface area contributed by atoms with Gasteiger partial charge < -0.3 is 25.4 Å². The van der Waals surface area contributed by atoms with E-state index >= 15 is 0 Å². The summed E-state index contributed by atoms with van der Waals surface area (Å²) in [6.07, 6.45) is -0.302. The first-order valence-electron chi connectivity index (χ1n) is 15.0. The molecule has 4 aromatic carbocycles. The van der Waals surface area contributed by atoms with Gasteiger partial charge in [0.2, 0.25) is 0 Å². The maximum atomic E-state index is 13.8. The number of aliphatic hydroxyl groups is 1. The van der Waals surface area contributed by atoms with Crippen LogP contribution in [-0.4, -0.2) is 65.7 Å². The van der Waals surface area contributed by atoms with Crippen molar-refractivity contribution in [3.63, 3.8) is 0 Å². The normalized spacial score (nSPS) is 17.2. The fourth-order valence-electron chi connectivity index (χ4n) is 5.48. The van der Waals surface area contributed by atoms with Crippen LogP contribution in [-0.2, 0) is 6.54 Å². The molecule has 0 bridgehead atoms. The van der Waals surface area contributed by atoms with Crippen LogP contribution < -0.4 is 15.4 Å². The van der Waals surface area contributed by atoms with E-state index in [0.717, 1.165) is 0 Å². The second kappa shape index (κ2) is 14.2. The van der Waals surface area contributed by atoms with Crippen molar-refractivity contribution >= 4 is 23.3 Å². The third kappa shape index (κ3) is 7.45. The van der Waals surface area contributed by atoms with E-state index < -0.39 is 6.03 Å². The Morgan fingerprint density at radius 3 is 2.27 bits per heavy atom. The number of urea groups is 1. The van der Waals surface area contributed by atoms with Gasteiger partial charge in [-0.15, -0.1) is 0 Å². The van der Waals surface area contributed by atoms with E-state index in [0.29, 0.717) is 42.3 Å². The summed E-state index contributed by atoms with van der Waals surface area (Å²) >= 11 is 0. The van der Waals surface area contributed by atoms with E-state index in [2.05, 4.69) is 65.9 Å². The SMILES string of the molecule is CC1CN(C(C)CO)C(=O)c2cccc(NC(=O)Nc3ccccc3)c2OC1CN(C)Cc1ccc(-c2ccccc2)cc1. The number of likely N-dealkylation sites (N-methyl/N-ethyl adjacent to an activating group) is 1. The van der Waals surface area contributed by atoms with Crippen LogP contribution in [0.2, 0.25) is 0 Å². The number of carbonyl (C=O) groups is 2. The Hall–Kier alpha value is -4.66. The van der Waals surface area contributed by atoms with Crippen LogP contribution in [0, 0.1) is 5.92 Å². The summed E-state index contributed by atoms with van der Waals surface area (Å²) in [5, 5.41) is 15.7. The summed E-state index contributed by atoms with van der Waals surface area (Å²) < 4.78 is 6.65. The number of benzene rings is 4.